The third-order valence-electron chi connectivity index (χ3n) is 3.50. The van der Waals surface area contributed by atoms with Crippen LogP contribution < -0.4 is 5.32 Å². The molecule has 0 spiro atoms. The van der Waals surface area contributed by atoms with E-state index < -0.39 is 0 Å². The van der Waals surface area contributed by atoms with Gasteiger partial charge in [0.1, 0.15) is 0 Å². The van der Waals surface area contributed by atoms with Crippen molar-refractivity contribution in [2.75, 3.05) is 11.1 Å². The van der Waals surface area contributed by atoms with Crippen LogP contribution in [0.5, 0.6) is 0 Å². The second-order valence-electron chi connectivity index (χ2n) is 5.31. The van der Waals surface area contributed by atoms with Crippen molar-refractivity contribution in [2.24, 2.45) is 7.05 Å². The molecule has 0 aliphatic carbocycles. The number of aromatic nitrogens is 3. The summed E-state index contributed by atoms with van der Waals surface area (Å²) in [6, 6.07) is 12.9. The van der Waals surface area contributed by atoms with Crippen molar-refractivity contribution < 1.29 is 4.79 Å². The molecule has 1 N–H and O–H groups in total. The highest BCUT2D eigenvalue weighted by Crippen LogP contribution is 2.30. The summed E-state index contributed by atoms with van der Waals surface area (Å²) >= 11 is 16.7. The second kappa shape index (κ2) is 8.43. The normalized spacial score (nSPS) is 10.8. The Kier molecular flexibility index (Phi) is 6.24. The molecule has 9 heteroatoms. The van der Waals surface area contributed by atoms with Crippen LogP contribution in [-0.2, 0) is 11.8 Å². The molecule has 134 valence electrons. The fourth-order valence-electron chi connectivity index (χ4n) is 2.21. The number of anilines is 1. The Morgan fingerprint density at radius 2 is 1.92 bits per heavy atom. The highest BCUT2D eigenvalue weighted by molar-refractivity contribution is 9.10. The molecule has 1 aromatic heterocycles. The zero-order chi connectivity index (χ0) is 18.7. The minimum Gasteiger partial charge on any atom is -0.324 e. The molecule has 0 saturated carbocycles. The van der Waals surface area contributed by atoms with Crippen molar-refractivity contribution >= 4 is 62.5 Å². The van der Waals surface area contributed by atoms with E-state index in [1.165, 1.54) is 11.8 Å². The van der Waals surface area contributed by atoms with Crippen molar-refractivity contribution in [3.63, 3.8) is 0 Å². The minimum absolute atomic E-state index is 0.176. The lowest BCUT2D eigenvalue weighted by Gasteiger charge is -2.08. The van der Waals surface area contributed by atoms with Crippen molar-refractivity contribution in [2.45, 2.75) is 5.16 Å². The van der Waals surface area contributed by atoms with E-state index in [1.807, 2.05) is 35.9 Å². The first-order chi connectivity index (χ1) is 12.5. The number of amides is 1. The SMILES string of the molecule is Cn1c(SCC(=O)Nc2cccc(Cl)c2Cl)nnc1-c1ccc(Br)cc1. The molecule has 1 heterocycles. The number of hydrogen-bond acceptors (Lipinski definition) is 4. The Labute approximate surface area is 173 Å². The molecule has 3 aromatic rings. The zero-order valence-corrected chi connectivity index (χ0v) is 17.5. The molecule has 0 radical (unpaired) electrons. The van der Waals surface area contributed by atoms with Gasteiger partial charge >= 0.3 is 0 Å². The first-order valence-corrected chi connectivity index (χ1v) is 10.0. The van der Waals surface area contributed by atoms with E-state index in [9.17, 15) is 4.79 Å². The highest BCUT2D eigenvalue weighted by atomic mass is 79.9. The van der Waals surface area contributed by atoms with Gasteiger partial charge in [-0.2, -0.15) is 0 Å². The molecular weight excluding hydrogens is 459 g/mol. The molecule has 0 atom stereocenters. The van der Waals surface area contributed by atoms with E-state index in [1.54, 1.807) is 18.2 Å². The Balaban J connectivity index is 1.66. The third kappa shape index (κ3) is 4.40. The van der Waals surface area contributed by atoms with Crippen LogP contribution in [0.2, 0.25) is 10.0 Å². The third-order valence-corrected chi connectivity index (χ3v) is 5.86. The number of halogens is 3. The smallest absolute Gasteiger partial charge is 0.234 e. The quantitative estimate of drug-likeness (QED) is 0.514. The van der Waals surface area contributed by atoms with Gasteiger partial charge < -0.3 is 9.88 Å². The first kappa shape index (κ1) is 19.2. The van der Waals surface area contributed by atoms with Crippen LogP contribution >= 0.6 is 50.9 Å². The number of rotatable bonds is 5. The van der Waals surface area contributed by atoms with Gasteiger partial charge in [-0.05, 0) is 24.3 Å². The van der Waals surface area contributed by atoms with Crippen molar-refractivity contribution in [3.8, 4) is 11.4 Å². The van der Waals surface area contributed by atoms with Gasteiger partial charge in [0.05, 0.1) is 21.5 Å². The molecule has 26 heavy (non-hydrogen) atoms. The standard InChI is InChI=1S/C17H13BrCl2N4OS/c1-24-16(10-5-7-11(18)8-6-10)22-23-17(24)26-9-14(25)21-13-4-2-3-12(19)15(13)20/h2-8H,9H2,1H3,(H,21,25). The number of nitrogens with one attached hydrogen (secondary N) is 1. The number of benzene rings is 2. The van der Waals surface area contributed by atoms with E-state index in [0.29, 0.717) is 20.9 Å². The molecule has 0 aliphatic heterocycles. The first-order valence-electron chi connectivity index (χ1n) is 7.47. The summed E-state index contributed by atoms with van der Waals surface area (Å²) in [4.78, 5) is 12.2. The largest absolute Gasteiger partial charge is 0.324 e. The number of nitrogens with zero attached hydrogens (tertiary/aromatic N) is 3. The maximum Gasteiger partial charge on any atom is 0.234 e. The van der Waals surface area contributed by atoms with Crippen LogP contribution in [0, 0.1) is 0 Å². The average Bonchev–Trinajstić information content (AvgIpc) is 2.99. The lowest BCUT2D eigenvalue weighted by atomic mass is 10.2. The van der Waals surface area contributed by atoms with Crippen LogP contribution in [0.3, 0.4) is 0 Å². The van der Waals surface area contributed by atoms with E-state index in [4.69, 9.17) is 23.2 Å². The molecule has 0 fully saturated rings. The predicted octanol–water partition coefficient (Wildman–Crippen LogP) is 5.28. The number of thioether (sulfide) groups is 1. The lowest BCUT2D eigenvalue weighted by molar-refractivity contribution is -0.113. The molecular formula is C17H13BrCl2N4OS. The van der Waals surface area contributed by atoms with Crippen LogP contribution in [0.1, 0.15) is 0 Å². The van der Waals surface area contributed by atoms with Gasteiger partial charge in [0.2, 0.25) is 5.91 Å². The summed E-state index contributed by atoms with van der Waals surface area (Å²) in [6.07, 6.45) is 0. The fourth-order valence-corrected chi connectivity index (χ4v) is 3.53. The Morgan fingerprint density at radius 3 is 2.65 bits per heavy atom. The van der Waals surface area contributed by atoms with Crippen LogP contribution in [0.25, 0.3) is 11.4 Å². The minimum atomic E-state index is -0.202. The van der Waals surface area contributed by atoms with Crippen molar-refractivity contribution in [1.29, 1.82) is 0 Å². The monoisotopic (exact) mass is 470 g/mol. The fraction of sp³-hybridized carbons (Fsp3) is 0.118. The molecule has 0 unspecified atom stereocenters. The van der Waals surface area contributed by atoms with Gasteiger partial charge in [0, 0.05) is 17.1 Å². The number of carbonyl (C=O) groups excluding carboxylic acids is 1. The molecule has 1 amide bonds. The number of hydrogen-bond donors (Lipinski definition) is 1. The molecule has 0 bridgehead atoms. The van der Waals surface area contributed by atoms with Gasteiger partial charge in [-0.25, -0.2) is 0 Å². The van der Waals surface area contributed by atoms with Crippen molar-refractivity contribution in [3.05, 3.63) is 57.0 Å². The summed E-state index contributed by atoms with van der Waals surface area (Å²) in [6.45, 7) is 0. The van der Waals surface area contributed by atoms with Crippen LogP contribution in [0.4, 0.5) is 5.69 Å². The van der Waals surface area contributed by atoms with Crippen molar-refractivity contribution in [1.82, 2.24) is 14.8 Å². The summed E-state index contributed by atoms with van der Waals surface area (Å²) in [7, 11) is 1.87. The van der Waals surface area contributed by atoms with Crippen LogP contribution in [-0.4, -0.2) is 26.4 Å². The molecule has 5 nitrogen and oxygen atoms in total. The molecule has 0 aliphatic rings. The Morgan fingerprint density at radius 1 is 1.19 bits per heavy atom. The Hall–Kier alpha value is -1.54. The summed E-state index contributed by atoms with van der Waals surface area (Å²) in [5, 5.41) is 12.5. The second-order valence-corrected chi connectivity index (χ2v) is 7.95. The number of carbonyl (C=O) groups is 1. The van der Waals surface area contributed by atoms with E-state index in [-0.39, 0.29) is 11.7 Å². The van der Waals surface area contributed by atoms with Crippen LogP contribution in [0.15, 0.2) is 52.1 Å². The summed E-state index contributed by atoms with van der Waals surface area (Å²) in [5.74, 6) is 0.709. The highest BCUT2D eigenvalue weighted by Gasteiger charge is 2.14. The maximum atomic E-state index is 12.2. The summed E-state index contributed by atoms with van der Waals surface area (Å²) in [5.41, 5.74) is 1.43. The summed E-state index contributed by atoms with van der Waals surface area (Å²) < 4.78 is 2.85. The Bertz CT molecular complexity index is 946. The lowest BCUT2D eigenvalue weighted by Crippen LogP contribution is -2.14. The zero-order valence-electron chi connectivity index (χ0n) is 13.5. The topological polar surface area (TPSA) is 59.8 Å². The van der Waals surface area contributed by atoms with E-state index in [0.717, 1.165) is 15.9 Å². The molecule has 2 aromatic carbocycles. The molecule has 0 saturated heterocycles. The predicted molar refractivity (Wildman–Crippen MR) is 110 cm³/mol. The van der Waals surface area contributed by atoms with Gasteiger partial charge in [0.25, 0.3) is 0 Å². The van der Waals surface area contributed by atoms with Gasteiger partial charge in [0.15, 0.2) is 11.0 Å². The maximum absolute atomic E-state index is 12.2. The molecule has 3 rings (SSSR count). The van der Waals surface area contributed by atoms with Gasteiger partial charge in [-0.15, -0.1) is 10.2 Å². The van der Waals surface area contributed by atoms with Gasteiger partial charge in [-0.1, -0.05) is 69.1 Å². The van der Waals surface area contributed by atoms with E-state index in [2.05, 4.69) is 31.4 Å². The van der Waals surface area contributed by atoms with Gasteiger partial charge in [-0.3, -0.25) is 4.79 Å². The van der Waals surface area contributed by atoms with E-state index >= 15 is 0 Å². The average molecular weight is 472 g/mol.